The van der Waals surface area contributed by atoms with E-state index in [9.17, 15) is 20.2 Å². The molecule has 0 aliphatic heterocycles. The summed E-state index contributed by atoms with van der Waals surface area (Å²) < 4.78 is 5.82. The van der Waals surface area contributed by atoms with Crippen molar-refractivity contribution in [2.24, 2.45) is 0 Å². The molecule has 0 saturated carbocycles. The number of aryl methyl sites for hydroxylation is 1. The van der Waals surface area contributed by atoms with Crippen LogP contribution in [0.15, 0.2) is 66.2 Å². The van der Waals surface area contributed by atoms with Gasteiger partial charge in [0, 0.05) is 28.4 Å². The second-order valence-corrected chi connectivity index (χ2v) is 7.86. The van der Waals surface area contributed by atoms with Crippen LogP contribution < -0.4 is 10.1 Å². The second-order valence-electron chi connectivity index (χ2n) is 7.01. The van der Waals surface area contributed by atoms with E-state index in [4.69, 9.17) is 27.9 Å². The van der Waals surface area contributed by atoms with Crippen molar-refractivity contribution in [1.82, 2.24) is 0 Å². The molecule has 0 aliphatic rings. The maximum absolute atomic E-state index is 12.6. The summed E-state index contributed by atoms with van der Waals surface area (Å²) in [5, 5.41) is 23.5. The smallest absolute Gasteiger partial charge is 0.269 e. The number of non-ortho nitro benzene ring substituents is 1. The molecular weight excluding hydrogens is 465 g/mol. The minimum atomic E-state index is -0.597. The monoisotopic (exact) mass is 481 g/mol. The van der Waals surface area contributed by atoms with Crippen LogP contribution in [0.3, 0.4) is 0 Å². The number of nitrogens with zero attached hydrogens (tertiary/aromatic N) is 2. The van der Waals surface area contributed by atoms with Crippen LogP contribution in [-0.2, 0) is 11.4 Å². The third-order valence-corrected chi connectivity index (χ3v) is 5.01. The summed E-state index contributed by atoms with van der Waals surface area (Å²) in [6, 6.07) is 17.9. The lowest BCUT2D eigenvalue weighted by molar-refractivity contribution is -0.384. The third-order valence-electron chi connectivity index (χ3n) is 4.51. The Morgan fingerprint density at radius 3 is 2.55 bits per heavy atom. The maximum atomic E-state index is 12.6. The van der Waals surface area contributed by atoms with Crippen LogP contribution in [-0.4, -0.2) is 10.8 Å². The van der Waals surface area contributed by atoms with Gasteiger partial charge in [0.1, 0.15) is 24.0 Å². The lowest BCUT2D eigenvalue weighted by Gasteiger charge is -2.13. The van der Waals surface area contributed by atoms with E-state index in [1.807, 2.05) is 19.1 Å². The Balaban J connectivity index is 1.86. The summed E-state index contributed by atoms with van der Waals surface area (Å²) in [6.07, 6.45) is 1.34. The molecule has 0 heterocycles. The van der Waals surface area contributed by atoms with E-state index in [-0.39, 0.29) is 28.6 Å². The van der Waals surface area contributed by atoms with Crippen molar-refractivity contribution in [3.8, 4) is 11.8 Å². The van der Waals surface area contributed by atoms with Crippen LogP contribution in [0.5, 0.6) is 5.75 Å². The van der Waals surface area contributed by atoms with Crippen molar-refractivity contribution in [2.45, 2.75) is 13.5 Å². The van der Waals surface area contributed by atoms with Gasteiger partial charge in [0.15, 0.2) is 0 Å². The van der Waals surface area contributed by atoms with Gasteiger partial charge in [-0.15, -0.1) is 0 Å². The van der Waals surface area contributed by atoms with Crippen LogP contribution in [0.4, 0.5) is 11.4 Å². The molecule has 3 aromatic rings. The number of hydrogen-bond donors (Lipinski definition) is 1. The Hall–Kier alpha value is -3.86. The van der Waals surface area contributed by atoms with Gasteiger partial charge in [-0.3, -0.25) is 14.9 Å². The predicted octanol–water partition coefficient (Wildman–Crippen LogP) is 6.33. The first-order valence-electron chi connectivity index (χ1n) is 9.62. The minimum absolute atomic E-state index is 0.0369. The molecule has 166 valence electrons. The number of benzene rings is 3. The number of amides is 1. The normalized spacial score (nSPS) is 10.9. The number of nitro groups is 1. The van der Waals surface area contributed by atoms with E-state index in [2.05, 4.69) is 5.32 Å². The number of anilines is 1. The number of rotatable bonds is 7. The first-order valence-corrected chi connectivity index (χ1v) is 10.4. The molecule has 0 fully saturated rings. The van der Waals surface area contributed by atoms with Gasteiger partial charge in [-0.1, -0.05) is 35.3 Å². The number of ether oxygens (including phenoxy) is 1. The fraction of sp³-hybridized carbons (Fsp3) is 0.0833. The molecule has 0 aliphatic carbocycles. The highest BCUT2D eigenvalue weighted by molar-refractivity contribution is 6.36. The Labute approximate surface area is 200 Å². The molecule has 0 bridgehead atoms. The van der Waals surface area contributed by atoms with E-state index in [0.29, 0.717) is 21.8 Å². The van der Waals surface area contributed by atoms with Crippen molar-refractivity contribution in [3.63, 3.8) is 0 Å². The number of halogens is 2. The summed E-state index contributed by atoms with van der Waals surface area (Å²) in [5.41, 5.74) is 2.31. The van der Waals surface area contributed by atoms with Gasteiger partial charge >= 0.3 is 0 Å². The van der Waals surface area contributed by atoms with E-state index < -0.39 is 10.8 Å². The first kappa shape index (κ1) is 23.8. The van der Waals surface area contributed by atoms with Crippen LogP contribution in [0.2, 0.25) is 10.0 Å². The molecule has 33 heavy (non-hydrogen) atoms. The van der Waals surface area contributed by atoms with Gasteiger partial charge in [-0.25, -0.2) is 0 Å². The molecule has 7 nitrogen and oxygen atoms in total. The quantitative estimate of drug-likeness (QED) is 0.183. The average molecular weight is 482 g/mol. The molecule has 9 heteroatoms. The molecule has 0 aromatic heterocycles. The summed E-state index contributed by atoms with van der Waals surface area (Å²) in [4.78, 5) is 23.0. The van der Waals surface area contributed by atoms with Crippen LogP contribution in [0, 0.1) is 28.4 Å². The molecule has 0 radical (unpaired) electrons. The van der Waals surface area contributed by atoms with E-state index in [1.54, 1.807) is 30.3 Å². The average Bonchev–Trinajstić information content (AvgIpc) is 2.77. The zero-order valence-corrected chi connectivity index (χ0v) is 18.9. The molecule has 3 rings (SSSR count). The number of nitriles is 1. The Kier molecular flexibility index (Phi) is 7.67. The zero-order valence-electron chi connectivity index (χ0n) is 17.3. The summed E-state index contributed by atoms with van der Waals surface area (Å²) in [5.74, 6) is -0.379. The molecule has 1 amide bonds. The molecule has 3 aromatic carbocycles. The second kappa shape index (κ2) is 10.6. The van der Waals surface area contributed by atoms with Crippen molar-refractivity contribution in [3.05, 3.63) is 103 Å². The lowest BCUT2D eigenvalue weighted by atomic mass is 10.1. The number of nitrogens with one attached hydrogen (secondary N) is 1. The Morgan fingerprint density at radius 2 is 1.91 bits per heavy atom. The van der Waals surface area contributed by atoms with E-state index >= 15 is 0 Å². The van der Waals surface area contributed by atoms with Gasteiger partial charge in [0.2, 0.25) is 0 Å². The molecule has 0 saturated heterocycles. The summed E-state index contributed by atoms with van der Waals surface area (Å²) in [6.45, 7) is 1.94. The number of nitro benzene ring substituents is 1. The largest absolute Gasteiger partial charge is 0.487 e. The molecular formula is C24H17Cl2N3O4. The van der Waals surface area contributed by atoms with Crippen molar-refractivity contribution < 1.29 is 14.5 Å². The van der Waals surface area contributed by atoms with Crippen molar-refractivity contribution in [1.29, 1.82) is 5.26 Å². The standard InChI is InChI=1S/C24H17Cl2N3O4/c1-15-3-2-4-20(9-15)28-24(30)18(13-27)10-17-11-19(25)12-22(26)23(17)33-14-16-5-7-21(8-6-16)29(31)32/h2-12H,14H2,1H3,(H,28,30)/b18-10+. The Morgan fingerprint density at radius 1 is 1.18 bits per heavy atom. The van der Waals surface area contributed by atoms with Gasteiger partial charge in [-0.05, 0) is 60.5 Å². The number of hydrogen-bond acceptors (Lipinski definition) is 5. The number of carbonyl (C=O) groups is 1. The third kappa shape index (κ3) is 6.32. The van der Waals surface area contributed by atoms with Gasteiger partial charge in [0.25, 0.3) is 11.6 Å². The summed E-state index contributed by atoms with van der Waals surface area (Å²) in [7, 11) is 0. The SMILES string of the molecule is Cc1cccc(NC(=O)/C(C#N)=C/c2cc(Cl)cc(Cl)c2OCc2ccc([N+](=O)[O-])cc2)c1. The fourth-order valence-electron chi connectivity index (χ4n) is 2.93. The highest BCUT2D eigenvalue weighted by Gasteiger charge is 2.15. The van der Waals surface area contributed by atoms with Gasteiger partial charge < -0.3 is 10.1 Å². The highest BCUT2D eigenvalue weighted by Crippen LogP contribution is 2.34. The van der Waals surface area contributed by atoms with E-state index in [0.717, 1.165) is 5.56 Å². The molecule has 0 atom stereocenters. The van der Waals surface area contributed by atoms with Crippen LogP contribution in [0.1, 0.15) is 16.7 Å². The number of carbonyl (C=O) groups excluding carboxylic acids is 1. The fourth-order valence-corrected chi connectivity index (χ4v) is 3.50. The van der Waals surface area contributed by atoms with E-state index in [1.165, 1.54) is 30.3 Å². The van der Waals surface area contributed by atoms with Crippen molar-refractivity contribution >= 4 is 46.6 Å². The Bertz CT molecular complexity index is 1280. The van der Waals surface area contributed by atoms with Crippen LogP contribution >= 0.6 is 23.2 Å². The first-order chi connectivity index (χ1) is 15.8. The predicted molar refractivity (Wildman–Crippen MR) is 127 cm³/mol. The maximum Gasteiger partial charge on any atom is 0.269 e. The molecule has 0 spiro atoms. The van der Waals surface area contributed by atoms with Gasteiger partial charge in [-0.2, -0.15) is 5.26 Å². The minimum Gasteiger partial charge on any atom is -0.487 e. The van der Waals surface area contributed by atoms with Crippen LogP contribution in [0.25, 0.3) is 6.08 Å². The van der Waals surface area contributed by atoms with Crippen molar-refractivity contribution in [2.75, 3.05) is 5.32 Å². The summed E-state index contributed by atoms with van der Waals surface area (Å²) >= 11 is 12.4. The highest BCUT2D eigenvalue weighted by atomic mass is 35.5. The molecule has 0 unspecified atom stereocenters. The molecule has 1 N–H and O–H groups in total. The topological polar surface area (TPSA) is 105 Å². The zero-order chi connectivity index (χ0) is 24.0. The van der Waals surface area contributed by atoms with Gasteiger partial charge in [0.05, 0.1) is 9.95 Å². The lowest BCUT2D eigenvalue weighted by Crippen LogP contribution is -2.13.